The summed E-state index contributed by atoms with van der Waals surface area (Å²) in [6.45, 7) is 0. The summed E-state index contributed by atoms with van der Waals surface area (Å²) in [6, 6.07) is 0. The lowest BCUT2D eigenvalue weighted by molar-refractivity contribution is -0.647. The van der Waals surface area contributed by atoms with E-state index in [1.165, 1.54) is 0 Å². The van der Waals surface area contributed by atoms with Gasteiger partial charge in [-0.25, -0.2) is 4.57 Å². The predicted molar refractivity (Wildman–Crippen MR) is 50.6 cm³/mol. The molecular weight excluding hydrogens is 309 g/mol. The van der Waals surface area contributed by atoms with Crippen LogP contribution in [0.3, 0.4) is 0 Å². The molecule has 2 N–H and O–H groups in total. The normalized spacial score (nSPS) is 10.1. The van der Waals surface area contributed by atoms with Crippen LogP contribution in [0.25, 0.3) is 11.2 Å². The number of methoxy groups -OCH3 is 1. The van der Waals surface area contributed by atoms with E-state index in [2.05, 4.69) is 9.97 Å². The number of aryl methyl sites for hydroxylation is 2. The van der Waals surface area contributed by atoms with Crippen LogP contribution in [0, 0.1) is 0 Å². The lowest BCUT2D eigenvalue weighted by atomic mass is 10.5. The second-order valence-electron chi connectivity index (χ2n) is 3.10. The number of anilines is 1. The molecule has 0 aliphatic carbocycles. The maximum absolute atomic E-state index is 5.55. The fraction of sp³-hybridized carbons (Fsp3) is 0.375. The number of hydrogen-bond donors (Lipinski definition) is 1. The van der Waals surface area contributed by atoms with Crippen molar-refractivity contribution in [2.75, 3.05) is 12.8 Å². The Hall–Kier alpha value is -1.12. The van der Waals surface area contributed by atoms with Crippen molar-refractivity contribution in [3.63, 3.8) is 0 Å². The SMILES string of the molecule is COc1nc(N)nc2c1n(C)c[n+]2C.[I-]. The third-order valence-corrected chi connectivity index (χ3v) is 2.08. The minimum Gasteiger partial charge on any atom is -1.00 e. The van der Waals surface area contributed by atoms with E-state index in [1.54, 1.807) is 7.11 Å². The van der Waals surface area contributed by atoms with Gasteiger partial charge in [-0.1, -0.05) is 4.98 Å². The number of ether oxygens (including phenoxy) is 1. The van der Waals surface area contributed by atoms with Gasteiger partial charge < -0.3 is 34.4 Å². The highest BCUT2D eigenvalue weighted by Gasteiger charge is 2.19. The molecule has 2 rings (SSSR count). The van der Waals surface area contributed by atoms with Gasteiger partial charge in [-0.15, -0.1) is 0 Å². The Bertz CT molecular complexity index is 495. The second kappa shape index (κ2) is 4.17. The van der Waals surface area contributed by atoms with Crippen LogP contribution in [0.2, 0.25) is 0 Å². The number of fused-ring (bicyclic) bond motifs is 1. The van der Waals surface area contributed by atoms with Crippen molar-refractivity contribution < 1.29 is 33.3 Å². The number of aromatic nitrogens is 4. The molecule has 0 aromatic carbocycles. The van der Waals surface area contributed by atoms with Crippen molar-refractivity contribution in [2.45, 2.75) is 0 Å². The van der Waals surface area contributed by atoms with Crippen LogP contribution in [-0.4, -0.2) is 21.6 Å². The van der Waals surface area contributed by atoms with Gasteiger partial charge in [-0.2, -0.15) is 4.98 Å². The van der Waals surface area contributed by atoms with E-state index >= 15 is 0 Å². The molecule has 2 aromatic heterocycles. The Morgan fingerprint density at radius 1 is 1.47 bits per heavy atom. The minimum atomic E-state index is 0. The molecule has 0 saturated carbocycles. The van der Waals surface area contributed by atoms with Gasteiger partial charge in [0, 0.05) is 0 Å². The van der Waals surface area contributed by atoms with Gasteiger partial charge in [0.05, 0.1) is 21.2 Å². The van der Waals surface area contributed by atoms with E-state index in [4.69, 9.17) is 10.5 Å². The maximum atomic E-state index is 5.55. The zero-order valence-corrected chi connectivity index (χ0v) is 10.9. The second-order valence-corrected chi connectivity index (χ2v) is 3.10. The molecule has 2 aromatic rings. The topological polar surface area (TPSA) is 69.8 Å². The van der Waals surface area contributed by atoms with Crippen LogP contribution < -0.4 is 39.0 Å². The van der Waals surface area contributed by atoms with Crippen molar-refractivity contribution in [3.8, 4) is 5.88 Å². The molecule has 0 saturated heterocycles. The van der Waals surface area contributed by atoms with Crippen LogP contribution in [0.4, 0.5) is 5.95 Å². The molecule has 15 heavy (non-hydrogen) atoms. The average Bonchev–Trinajstić information content (AvgIpc) is 2.41. The Labute approximate surface area is 104 Å². The summed E-state index contributed by atoms with van der Waals surface area (Å²) in [5.74, 6) is 0.715. The van der Waals surface area contributed by atoms with Gasteiger partial charge in [0.1, 0.15) is 0 Å². The number of halogens is 1. The summed E-state index contributed by atoms with van der Waals surface area (Å²) in [5, 5.41) is 0. The quantitative estimate of drug-likeness (QED) is 0.435. The smallest absolute Gasteiger partial charge is 0.311 e. The molecule has 82 valence electrons. The van der Waals surface area contributed by atoms with Crippen molar-refractivity contribution >= 4 is 17.1 Å². The van der Waals surface area contributed by atoms with E-state index in [1.807, 2.05) is 29.6 Å². The summed E-state index contributed by atoms with van der Waals surface area (Å²) in [6.07, 6.45) is 1.89. The van der Waals surface area contributed by atoms with Crippen LogP contribution in [-0.2, 0) is 14.1 Å². The Kier molecular flexibility index (Phi) is 3.32. The molecule has 2 heterocycles. The Balaban J connectivity index is 0.00000112. The third-order valence-electron chi connectivity index (χ3n) is 2.08. The van der Waals surface area contributed by atoms with Gasteiger partial charge in [0.25, 0.3) is 5.88 Å². The molecule has 0 radical (unpaired) electrons. The third kappa shape index (κ3) is 1.83. The largest absolute Gasteiger partial charge is 1.00 e. The number of nitrogens with two attached hydrogens (primary N) is 1. The fourth-order valence-corrected chi connectivity index (χ4v) is 1.51. The standard InChI is InChI=1S/C8H12N5O.HI/c1-12-4-13(2)6-5(12)7(14-3)11-8(9)10-6;/h4H,1-3H3,(H2,9,10,11);1H/q+1;/p-1. The summed E-state index contributed by atoms with van der Waals surface area (Å²) >= 11 is 0. The molecule has 0 amide bonds. The highest BCUT2D eigenvalue weighted by atomic mass is 127. The van der Waals surface area contributed by atoms with Crippen LogP contribution in [0.1, 0.15) is 0 Å². The van der Waals surface area contributed by atoms with Crippen LogP contribution >= 0.6 is 0 Å². The number of imidazole rings is 1. The summed E-state index contributed by atoms with van der Waals surface area (Å²) in [7, 11) is 5.37. The minimum absolute atomic E-state index is 0. The first-order valence-electron chi connectivity index (χ1n) is 4.15. The maximum Gasteiger partial charge on any atom is 0.311 e. The first kappa shape index (κ1) is 12.0. The first-order valence-corrected chi connectivity index (χ1v) is 4.15. The molecule has 0 bridgehead atoms. The van der Waals surface area contributed by atoms with Gasteiger partial charge in [-0.3, -0.25) is 4.57 Å². The lowest BCUT2D eigenvalue weighted by Crippen LogP contribution is -3.00. The monoisotopic (exact) mass is 321 g/mol. The van der Waals surface area contributed by atoms with E-state index < -0.39 is 0 Å². The molecule has 0 fully saturated rings. The zero-order valence-electron chi connectivity index (χ0n) is 8.73. The predicted octanol–water partition coefficient (Wildman–Crippen LogP) is -3.61. The van der Waals surface area contributed by atoms with E-state index in [-0.39, 0.29) is 29.9 Å². The summed E-state index contributed by atoms with van der Waals surface area (Å²) in [5.41, 5.74) is 7.15. The summed E-state index contributed by atoms with van der Waals surface area (Å²) < 4.78 is 8.90. The van der Waals surface area contributed by atoms with Crippen molar-refractivity contribution in [1.82, 2.24) is 14.5 Å². The van der Waals surface area contributed by atoms with Crippen LogP contribution in [0.5, 0.6) is 5.88 Å². The van der Waals surface area contributed by atoms with Gasteiger partial charge >= 0.3 is 11.6 Å². The first-order chi connectivity index (χ1) is 6.63. The number of hydrogen-bond acceptors (Lipinski definition) is 4. The number of nitrogens with zero attached hydrogens (tertiary/aromatic N) is 4. The molecule has 7 heteroatoms. The molecular formula is C8H12IN5O. The fourth-order valence-electron chi connectivity index (χ4n) is 1.51. The van der Waals surface area contributed by atoms with Crippen molar-refractivity contribution in [3.05, 3.63) is 6.33 Å². The zero-order chi connectivity index (χ0) is 10.3. The molecule has 6 nitrogen and oxygen atoms in total. The molecule has 0 spiro atoms. The van der Waals surface area contributed by atoms with E-state index in [0.717, 1.165) is 11.2 Å². The lowest BCUT2D eigenvalue weighted by Gasteiger charge is -1.97. The average molecular weight is 321 g/mol. The molecule has 0 atom stereocenters. The molecule has 0 aliphatic rings. The van der Waals surface area contributed by atoms with Gasteiger partial charge in [0.2, 0.25) is 5.52 Å². The Morgan fingerprint density at radius 3 is 2.73 bits per heavy atom. The highest BCUT2D eigenvalue weighted by Crippen LogP contribution is 2.19. The van der Waals surface area contributed by atoms with Crippen molar-refractivity contribution in [2.24, 2.45) is 14.1 Å². The van der Waals surface area contributed by atoms with Gasteiger partial charge in [-0.05, 0) is 0 Å². The van der Waals surface area contributed by atoms with Crippen LogP contribution in [0.15, 0.2) is 6.33 Å². The molecule has 0 unspecified atom stereocenters. The van der Waals surface area contributed by atoms with E-state index in [9.17, 15) is 0 Å². The summed E-state index contributed by atoms with van der Waals surface area (Å²) in [4.78, 5) is 8.14. The molecule has 0 aliphatic heterocycles. The van der Waals surface area contributed by atoms with Gasteiger partial charge in [0.15, 0.2) is 6.33 Å². The van der Waals surface area contributed by atoms with Crippen molar-refractivity contribution in [1.29, 1.82) is 0 Å². The Morgan fingerprint density at radius 2 is 2.13 bits per heavy atom. The highest BCUT2D eigenvalue weighted by molar-refractivity contribution is 5.74. The number of rotatable bonds is 1. The number of nitrogen functional groups attached to an aromatic ring is 1. The van der Waals surface area contributed by atoms with E-state index in [0.29, 0.717) is 5.88 Å².